The van der Waals surface area contributed by atoms with Crippen LogP contribution in [0.15, 0.2) is 0 Å². The van der Waals surface area contributed by atoms with E-state index in [-0.39, 0.29) is 22.3 Å². The minimum atomic E-state index is -0.564. The molecular formula is C15H26O2. The van der Waals surface area contributed by atoms with Crippen LogP contribution in [-0.4, -0.2) is 21.9 Å². The highest BCUT2D eigenvalue weighted by Gasteiger charge is 2.74. The van der Waals surface area contributed by atoms with Crippen LogP contribution < -0.4 is 0 Å². The number of hydrogen-bond donors (Lipinski definition) is 2. The van der Waals surface area contributed by atoms with E-state index in [1.807, 2.05) is 0 Å². The second-order valence-electron chi connectivity index (χ2n) is 8.16. The molecule has 2 N–H and O–H groups in total. The quantitative estimate of drug-likeness (QED) is 0.681. The van der Waals surface area contributed by atoms with Gasteiger partial charge < -0.3 is 10.2 Å². The Morgan fingerprint density at radius 1 is 1.06 bits per heavy atom. The van der Waals surface area contributed by atoms with E-state index in [9.17, 15) is 10.2 Å². The molecule has 4 bridgehead atoms. The number of rotatable bonds is 0. The first-order chi connectivity index (χ1) is 7.65. The van der Waals surface area contributed by atoms with E-state index in [0.717, 1.165) is 25.7 Å². The molecule has 3 saturated carbocycles. The smallest absolute Gasteiger partial charge is 0.0764 e. The fourth-order valence-electron chi connectivity index (χ4n) is 6.08. The number of hydrogen-bond acceptors (Lipinski definition) is 2. The van der Waals surface area contributed by atoms with Crippen molar-refractivity contribution in [1.29, 1.82) is 0 Å². The summed E-state index contributed by atoms with van der Waals surface area (Å²) in [5.41, 5.74) is -0.512. The van der Waals surface area contributed by atoms with Gasteiger partial charge in [0, 0.05) is 5.41 Å². The second kappa shape index (κ2) is 2.91. The highest BCUT2D eigenvalue weighted by atomic mass is 16.3. The third-order valence-corrected chi connectivity index (χ3v) is 6.70. The van der Waals surface area contributed by atoms with Crippen LogP contribution in [0.5, 0.6) is 0 Å². The van der Waals surface area contributed by atoms with Crippen LogP contribution in [0.2, 0.25) is 0 Å². The van der Waals surface area contributed by atoms with Gasteiger partial charge in [0.1, 0.15) is 0 Å². The Bertz CT molecular complexity index is 364. The first-order valence-corrected chi connectivity index (χ1v) is 7.05. The first-order valence-electron chi connectivity index (χ1n) is 7.05. The summed E-state index contributed by atoms with van der Waals surface area (Å²) in [7, 11) is 0. The topological polar surface area (TPSA) is 40.5 Å². The summed E-state index contributed by atoms with van der Waals surface area (Å²) in [4.78, 5) is 0. The van der Waals surface area contributed by atoms with Gasteiger partial charge in [-0.25, -0.2) is 0 Å². The molecule has 0 saturated heterocycles. The Morgan fingerprint density at radius 3 is 2.35 bits per heavy atom. The lowest BCUT2D eigenvalue weighted by atomic mass is 9.46. The van der Waals surface area contributed by atoms with Gasteiger partial charge in [0.05, 0.1) is 11.7 Å². The van der Waals surface area contributed by atoms with Crippen molar-refractivity contribution < 1.29 is 10.2 Å². The number of aliphatic hydroxyl groups excluding tert-OH is 1. The Kier molecular flexibility index (Phi) is 2.05. The van der Waals surface area contributed by atoms with Gasteiger partial charge in [-0.2, -0.15) is 0 Å². The summed E-state index contributed by atoms with van der Waals surface area (Å²) < 4.78 is 0. The molecule has 3 aliphatic carbocycles. The summed E-state index contributed by atoms with van der Waals surface area (Å²) >= 11 is 0. The molecule has 0 aliphatic heterocycles. The summed E-state index contributed by atoms with van der Waals surface area (Å²) in [6.07, 6.45) is 4.54. The average Bonchev–Trinajstić information content (AvgIpc) is 2.19. The van der Waals surface area contributed by atoms with Crippen molar-refractivity contribution in [2.75, 3.05) is 0 Å². The van der Waals surface area contributed by atoms with Crippen molar-refractivity contribution in [1.82, 2.24) is 0 Å². The van der Waals surface area contributed by atoms with Crippen molar-refractivity contribution >= 4 is 0 Å². The van der Waals surface area contributed by atoms with Gasteiger partial charge in [0.2, 0.25) is 0 Å². The van der Waals surface area contributed by atoms with Crippen LogP contribution in [-0.2, 0) is 0 Å². The van der Waals surface area contributed by atoms with Gasteiger partial charge >= 0.3 is 0 Å². The Morgan fingerprint density at radius 2 is 1.71 bits per heavy atom. The minimum absolute atomic E-state index is 0.0797. The van der Waals surface area contributed by atoms with Crippen molar-refractivity contribution in [3.05, 3.63) is 0 Å². The molecule has 0 aromatic rings. The Balaban J connectivity index is 2.17. The molecule has 98 valence electrons. The molecule has 3 aliphatic rings. The highest BCUT2D eigenvalue weighted by molar-refractivity contribution is 5.23. The molecule has 0 heterocycles. The molecule has 0 radical (unpaired) electrons. The molecule has 0 aromatic heterocycles. The molecule has 3 fully saturated rings. The lowest BCUT2D eigenvalue weighted by Crippen LogP contribution is -2.64. The Hall–Kier alpha value is -0.0800. The third-order valence-electron chi connectivity index (χ3n) is 6.70. The van der Waals surface area contributed by atoms with Crippen LogP contribution in [0.1, 0.15) is 59.8 Å². The maximum atomic E-state index is 11.4. The van der Waals surface area contributed by atoms with E-state index >= 15 is 0 Å². The van der Waals surface area contributed by atoms with Gasteiger partial charge in [-0.15, -0.1) is 0 Å². The fraction of sp³-hybridized carbons (Fsp3) is 1.00. The van der Waals surface area contributed by atoms with E-state index in [4.69, 9.17) is 0 Å². The van der Waals surface area contributed by atoms with Gasteiger partial charge in [0.25, 0.3) is 0 Å². The lowest BCUT2D eigenvalue weighted by molar-refractivity contribution is -0.230. The van der Waals surface area contributed by atoms with E-state index in [1.165, 1.54) is 6.42 Å². The zero-order valence-electron chi connectivity index (χ0n) is 11.6. The summed E-state index contributed by atoms with van der Waals surface area (Å²) in [6.45, 7) is 9.03. The van der Waals surface area contributed by atoms with Crippen molar-refractivity contribution in [2.45, 2.75) is 71.5 Å². The van der Waals surface area contributed by atoms with Gasteiger partial charge in [-0.05, 0) is 48.9 Å². The number of aliphatic hydroxyl groups is 2. The zero-order valence-corrected chi connectivity index (χ0v) is 11.6. The summed E-state index contributed by atoms with van der Waals surface area (Å²) in [5.74, 6) is 0.558. The molecule has 3 rings (SSSR count). The van der Waals surface area contributed by atoms with Crippen LogP contribution in [0.25, 0.3) is 0 Å². The molecule has 2 heteroatoms. The Labute approximate surface area is 104 Å². The van der Waals surface area contributed by atoms with E-state index in [2.05, 4.69) is 27.7 Å². The fourth-order valence-corrected chi connectivity index (χ4v) is 6.08. The summed E-state index contributed by atoms with van der Waals surface area (Å²) in [5, 5.41) is 21.5. The average molecular weight is 238 g/mol. The van der Waals surface area contributed by atoms with Crippen LogP contribution in [0.4, 0.5) is 0 Å². The van der Waals surface area contributed by atoms with Crippen LogP contribution >= 0.6 is 0 Å². The largest absolute Gasteiger partial charge is 0.393 e. The van der Waals surface area contributed by atoms with Gasteiger partial charge in [-0.1, -0.05) is 27.7 Å². The van der Waals surface area contributed by atoms with E-state index < -0.39 is 5.60 Å². The van der Waals surface area contributed by atoms with Crippen molar-refractivity contribution in [2.24, 2.45) is 22.2 Å². The molecular weight excluding hydrogens is 212 g/mol. The van der Waals surface area contributed by atoms with Crippen LogP contribution in [0.3, 0.4) is 0 Å². The molecule has 2 nitrogen and oxygen atoms in total. The molecule has 5 atom stereocenters. The van der Waals surface area contributed by atoms with Gasteiger partial charge in [0.15, 0.2) is 0 Å². The van der Waals surface area contributed by atoms with Gasteiger partial charge in [-0.3, -0.25) is 0 Å². The summed E-state index contributed by atoms with van der Waals surface area (Å²) in [6, 6.07) is 0. The SMILES string of the molecule is CC1(C)C[C@@]2(O)[C@@]3(C)CC[C@@H]1[C@]2(C)C[C@@H](O)C3. The minimum Gasteiger partial charge on any atom is -0.393 e. The molecule has 0 aromatic carbocycles. The molecule has 0 unspecified atom stereocenters. The highest BCUT2D eigenvalue weighted by Crippen LogP contribution is 2.74. The maximum absolute atomic E-state index is 11.4. The third kappa shape index (κ3) is 1.14. The monoisotopic (exact) mass is 238 g/mol. The predicted molar refractivity (Wildman–Crippen MR) is 67.5 cm³/mol. The second-order valence-corrected chi connectivity index (χ2v) is 8.16. The molecule has 0 spiro atoms. The normalized spacial score (nSPS) is 60.4. The van der Waals surface area contributed by atoms with Crippen molar-refractivity contribution in [3.8, 4) is 0 Å². The zero-order chi connectivity index (χ0) is 12.7. The van der Waals surface area contributed by atoms with Crippen molar-refractivity contribution in [3.63, 3.8) is 0 Å². The van der Waals surface area contributed by atoms with E-state index in [0.29, 0.717) is 5.92 Å². The standard InChI is InChI=1S/C15H26O2/c1-12(2)9-15(17)13(3)6-5-11(12)14(15,4)8-10(16)7-13/h10-11,16-17H,5-9H2,1-4H3/t10-,11-,13-,14-,15+/m0/s1. The predicted octanol–water partition coefficient (Wildman–Crippen LogP) is 2.72. The first kappa shape index (κ1) is 12.0. The molecule has 17 heavy (non-hydrogen) atoms. The maximum Gasteiger partial charge on any atom is 0.0764 e. The molecule has 0 amide bonds. The van der Waals surface area contributed by atoms with Crippen LogP contribution in [0, 0.1) is 22.2 Å². The van der Waals surface area contributed by atoms with E-state index in [1.54, 1.807) is 0 Å². The lowest BCUT2D eigenvalue weighted by Gasteiger charge is -2.62.